The molecule has 0 amide bonds. The second kappa shape index (κ2) is 10.3. The predicted molar refractivity (Wildman–Crippen MR) is 124 cm³/mol. The zero-order valence-corrected chi connectivity index (χ0v) is 18.3. The summed E-state index contributed by atoms with van der Waals surface area (Å²) in [5.41, 5.74) is 3.20. The van der Waals surface area contributed by atoms with E-state index in [1.54, 1.807) is 7.11 Å². The van der Waals surface area contributed by atoms with Gasteiger partial charge in [-0.25, -0.2) is 0 Å². The van der Waals surface area contributed by atoms with Gasteiger partial charge in [-0.05, 0) is 48.7 Å². The largest absolute Gasteiger partial charge is 0.496 e. The number of piperidine rings is 1. The summed E-state index contributed by atoms with van der Waals surface area (Å²) in [7, 11) is 1.67. The van der Waals surface area contributed by atoms with Crippen LogP contribution in [0.1, 0.15) is 35.6 Å². The van der Waals surface area contributed by atoms with E-state index in [1.165, 1.54) is 0 Å². The third-order valence-electron chi connectivity index (χ3n) is 6.02. The highest BCUT2D eigenvalue weighted by atomic mass is 16.5. The Morgan fingerprint density at radius 2 is 1.84 bits per heavy atom. The molecule has 32 heavy (non-hydrogen) atoms. The molecule has 1 heterocycles. The number of rotatable bonds is 8. The van der Waals surface area contributed by atoms with E-state index in [4.69, 9.17) is 9.47 Å². The van der Waals surface area contributed by atoms with E-state index in [2.05, 4.69) is 23.1 Å². The fourth-order valence-corrected chi connectivity index (χ4v) is 4.44. The van der Waals surface area contributed by atoms with E-state index < -0.39 is 5.97 Å². The smallest absolute Gasteiger partial charge is 0.307 e. The Bertz CT molecular complexity index is 1040. The Morgan fingerprint density at radius 1 is 1.06 bits per heavy atom. The highest BCUT2D eigenvalue weighted by Gasteiger charge is 2.32. The summed E-state index contributed by atoms with van der Waals surface area (Å²) in [5.74, 6) is 0.496. The van der Waals surface area contributed by atoms with Crippen LogP contribution in [0.4, 0.5) is 0 Å². The van der Waals surface area contributed by atoms with Gasteiger partial charge in [0.25, 0.3) is 0 Å². The lowest BCUT2D eigenvalue weighted by Gasteiger charge is -2.38. The summed E-state index contributed by atoms with van der Waals surface area (Å²) < 4.78 is 11.8. The van der Waals surface area contributed by atoms with Gasteiger partial charge in [-0.2, -0.15) is 0 Å². The molecule has 0 spiro atoms. The second-order valence-electron chi connectivity index (χ2n) is 8.16. The average molecular weight is 432 g/mol. The van der Waals surface area contributed by atoms with E-state index in [1.807, 2.05) is 60.7 Å². The topological polar surface area (TPSA) is 59.0 Å². The zero-order chi connectivity index (χ0) is 22.3. The van der Waals surface area contributed by atoms with Gasteiger partial charge in [0.2, 0.25) is 0 Å². The lowest BCUT2D eigenvalue weighted by atomic mass is 9.91. The van der Waals surface area contributed by atoms with Crippen molar-refractivity contribution in [3.05, 3.63) is 95.6 Å². The number of nitrogens with zero attached hydrogens (tertiary/aromatic N) is 1. The fraction of sp³-hybridized carbons (Fsp3) is 0.296. The minimum Gasteiger partial charge on any atom is -0.496 e. The molecule has 1 fully saturated rings. The van der Waals surface area contributed by atoms with Crippen LogP contribution in [0.25, 0.3) is 0 Å². The summed E-state index contributed by atoms with van der Waals surface area (Å²) in [4.78, 5) is 14.0. The predicted octanol–water partition coefficient (Wildman–Crippen LogP) is 5.16. The summed E-state index contributed by atoms with van der Waals surface area (Å²) in [6.07, 6.45) is 1.57. The molecule has 3 aromatic rings. The first-order valence-electron chi connectivity index (χ1n) is 11.0. The summed E-state index contributed by atoms with van der Waals surface area (Å²) in [6, 6.07) is 26.0. The van der Waals surface area contributed by atoms with E-state index in [0.29, 0.717) is 19.6 Å². The van der Waals surface area contributed by atoms with Gasteiger partial charge in [-0.1, -0.05) is 60.7 Å². The van der Waals surface area contributed by atoms with Crippen LogP contribution in [0, 0.1) is 5.92 Å². The fourth-order valence-electron chi connectivity index (χ4n) is 4.44. The Labute approximate surface area is 189 Å². The van der Waals surface area contributed by atoms with Crippen LogP contribution < -0.4 is 9.47 Å². The molecular weight excluding hydrogens is 402 g/mol. The number of para-hydroxylation sites is 1. The number of ether oxygens (including phenoxy) is 2. The molecule has 5 nitrogen and oxygen atoms in total. The van der Waals surface area contributed by atoms with Crippen LogP contribution in [-0.4, -0.2) is 36.2 Å². The lowest BCUT2D eigenvalue weighted by Crippen LogP contribution is -2.41. The third-order valence-corrected chi connectivity index (χ3v) is 6.02. The van der Waals surface area contributed by atoms with Crippen molar-refractivity contribution in [2.45, 2.75) is 25.5 Å². The van der Waals surface area contributed by atoms with E-state index in [9.17, 15) is 9.90 Å². The molecule has 166 valence electrons. The van der Waals surface area contributed by atoms with Crippen molar-refractivity contribution < 1.29 is 19.4 Å². The molecule has 1 aliphatic rings. The average Bonchev–Trinajstić information content (AvgIpc) is 2.84. The highest BCUT2D eigenvalue weighted by molar-refractivity contribution is 5.70. The van der Waals surface area contributed by atoms with Crippen molar-refractivity contribution >= 4 is 5.97 Å². The molecule has 0 aliphatic carbocycles. The monoisotopic (exact) mass is 431 g/mol. The first kappa shape index (κ1) is 21.9. The second-order valence-corrected chi connectivity index (χ2v) is 8.16. The minimum atomic E-state index is -0.728. The molecule has 1 N–H and O–H groups in total. The minimum absolute atomic E-state index is 0.117. The Hall–Kier alpha value is -3.31. The number of methoxy groups -OCH3 is 1. The molecule has 3 aromatic carbocycles. The van der Waals surface area contributed by atoms with Gasteiger partial charge in [0.05, 0.1) is 19.1 Å². The van der Waals surface area contributed by atoms with Crippen LogP contribution in [0.2, 0.25) is 0 Å². The van der Waals surface area contributed by atoms with Crippen LogP contribution in [0.5, 0.6) is 11.5 Å². The van der Waals surface area contributed by atoms with E-state index >= 15 is 0 Å². The normalized spacial score (nSPS) is 17.5. The van der Waals surface area contributed by atoms with Gasteiger partial charge >= 0.3 is 5.97 Å². The first-order chi connectivity index (χ1) is 15.7. The molecule has 4 rings (SSSR count). The number of carboxylic acid groups (broad SMARTS) is 1. The number of carbonyl (C=O) groups is 1. The van der Waals surface area contributed by atoms with Gasteiger partial charge in [0.15, 0.2) is 0 Å². The van der Waals surface area contributed by atoms with Crippen molar-refractivity contribution in [1.29, 1.82) is 0 Å². The summed E-state index contributed by atoms with van der Waals surface area (Å²) in [6.45, 7) is 1.84. The van der Waals surface area contributed by atoms with Gasteiger partial charge in [0.1, 0.15) is 18.1 Å². The molecule has 0 radical (unpaired) electrons. The molecule has 0 saturated carbocycles. The van der Waals surface area contributed by atoms with Crippen molar-refractivity contribution in [1.82, 2.24) is 4.90 Å². The number of hydrogen-bond donors (Lipinski definition) is 1. The zero-order valence-electron chi connectivity index (χ0n) is 18.3. The van der Waals surface area contributed by atoms with E-state index in [-0.39, 0.29) is 12.0 Å². The van der Waals surface area contributed by atoms with Gasteiger partial charge in [-0.15, -0.1) is 0 Å². The van der Waals surface area contributed by atoms with Crippen molar-refractivity contribution in [2.24, 2.45) is 5.92 Å². The van der Waals surface area contributed by atoms with Crippen LogP contribution in [-0.2, 0) is 11.4 Å². The van der Waals surface area contributed by atoms with Crippen LogP contribution >= 0.6 is 0 Å². The maximum atomic E-state index is 11.7. The maximum Gasteiger partial charge on any atom is 0.307 e. The van der Waals surface area contributed by atoms with Crippen molar-refractivity contribution in [3.63, 3.8) is 0 Å². The quantitative estimate of drug-likeness (QED) is 0.534. The lowest BCUT2D eigenvalue weighted by molar-refractivity contribution is -0.143. The maximum absolute atomic E-state index is 11.7. The Balaban J connectivity index is 1.66. The number of likely N-dealkylation sites (tertiary alicyclic amines) is 1. The molecule has 5 heteroatoms. The standard InChI is InChI=1S/C27H29NO4/c1-31-25-15-6-5-14-24(25)26(28-16-8-12-22(18-28)27(29)30)21-11-7-13-23(17-21)32-19-20-9-3-2-4-10-20/h2-7,9-11,13-15,17,22,26H,8,12,16,18-19H2,1H3,(H,29,30). The number of carboxylic acids is 1. The number of hydrogen-bond acceptors (Lipinski definition) is 4. The number of aliphatic carboxylic acids is 1. The van der Waals surface area contributed by atoms with Crippen molar-refractivity contribution in [3.8, 4) is 11.5 Å². The molecule has 2 unspecified atom stereocenters. The molecule has 0 aromatic heterocycles. The van der Waals surface area contributed by atoms with Crippen LogP contribution in [0.3, 0.4) is 0 Å². The summed E-state index contributed by atoms with van der Waals surface area (Å²) >= 11 is 0. The molecule has 2 atom stereocenters. The summed E-state index contributed by atoms with van der Waals surface area (Å²) in [5, 5.41) is 9.63. The molecule has 1 saturated heterocycles. The van der Waals surface area contributed by atoms with Crippen LogP contribution in [0.15, 0.2) is 78.9 Å². The highest BCUT2D eigenvalue weighted by Crippen LogP contribution is 2.38. The van der Waals surface area contributed by atoms with Gasteiger partial charge in [0, 0.05) is 12.1 Å². The SMILES string of the molecule is COc1ccccc1C(c1cccc(OCc2ccccc2)c1)N1CCCC(C(=O)O)C1. The third kappa shape index (κ3) is 5.11. The van der Waals surface area contributed by atoms with E-state index in [0.717, 1.165) is 41.2 Å². The first-order valence-corrected chi connectivity index (χ1v) is 11.0. The Morgan fingerprint density at radius 3 is 2.62 bits per heavy atom. The molecule has 1 aliphatic heterocycles. The Kier molecular flexibility index (Phi) is 7.07. The molecular formula is C27H29NO4. The van der Waals surface area contributed by atoms with Gasteiger partial charge in [-0.3, -0.25) is 9.69 Å². The van der Waals surface area contributed by atoms with Crippen molar-refractivity contribution in [2.75, 3.05) is 20.2 Å². The molecule has 0 bridgehead atoms. The van der Waals surface area contributed by atoms with Gasteiger partial charge < -0.3 is 14.6 Å². The number of benzene rings is 3.